The van der Waals surface area contributed by atoms with E-state index >= 15 is 0 Å². The van der Waals surface area contributed by atoms with Gasteiger partial charge < -0.3 is 3.07 Å². The van der Waals surface area contributed by atoms with Crippen molar-refractivity contribution in [2.75, 3.05) is 0 Å². The zero-order chi connectivity index (χ0) is 9.98. The van der Waals surface area contributed by atoms with Gasteiger partial charge in [-0.05, 0) is 26.0 Å². The fourth-order valence-corrected chi connectivity index (χ4v) is 0.727. The van der Waals surface area contributed by atoms with Gasteiger partial charge >= 0.3 is 0 Å². The second kappa shape index (κ2) is 10.8. The molecule has 0 saturated heterocycles. The van der Waals surface area contributed by atoms with Gasteiger partial charge in [-0.1, -0.05) is 32.1 Å². The van der Waals surface area contributed by atoms with Crippen LogP contribution in [0.3, 0.4) is 0 Å². The summed E-state index contributed by atoms with van der Waals surface area (Å²) >= 11 is 1.83. The van der Waals surface area contributed by atoms with Crippen LogP contribution in [0.15, 0.2) is 36.1 Å². The zero-order valence-corrected chi connectivity index (χ0v) is 10.4. The third-order valence-corrected chi connectivity index (χ3v) is 1.62. The Balaban J connectivity index is 0. The molecular weight excluding hydrogens is 263 g/mol. The molecule has 0 atom stereocenters. The summed E-state index contributed by atoms with van der Waals surface area (Å²) in [6.07, 6.45) is 5.62. The van der Waals surface area contributed by atoms with E-state index in [0.717, 1.165) is 5.76 Å². The lowest BCUT2D eigenvalue weighted by molar-refractivity contribution is 0.587. The zero-order valence-electron chi connectivity index (χ0n) is 8.23. The average molecular weight is 280 g/mol. The predicted octanol–water partition coefficient (Wildman–Crippen LogP) is 4.42. The molecule has 0 N–H and O–H groups in total. The van der Waals surface area contributed by atoms with Crippen molar-refractivity contribution in [2.24, 2.45) is 0 Å². The minimum Gasteiger partial charge on any atom is -0.428 e. The maximum atomic E-state index is 4.94. The van der Waals surface area contributed by atoms with Crippen molar-refractivity contribution in [3.8, 4) is 0 Å². The third kappa shape index (κ3) is 7.85. The number of halogens is 1. The van der Waals surface area contributed by atoms with Crippen LogP contribution in [0.1, 0.15) is 27.7 Å². The summed E-state index contributed by atoms with van der Waals surface area (Å²) in [5.41, 5.74) is 1.17. The van der Waals surface area contributed by atoms with Crippen LogP contribution in [-0.2, 0) is 3.07 Å². The molecule has 0 amide bonds. The highest BCUT2D eigenvalue weighted by Crippen LogP contribution is 2.07. The van der Waals surface area contributed by atoms with E-state index in [9.17, 15) is 0 Å². The first-order valence-electron chi connectivity index (χ1n) is 4.00. The molecule has 12 heavy (non-hydrogen) atoms. The molecule has 0 rings (SSSR count). The predicted molar refractivity (Wildman–Crippen MR) is 64.2 cm³/mol. The van der Waals surface area contributed by atoms with E-state index in [1.807, 2.05) is 62.9 Å². The standard InChI is InChI=1S/C8H11IO.C2H6/c1-4-7(3)6-8(5-2)10-9;1-2/h4-6H,2H2,1,3H3;1-2H3/b7-4-,8-6+;. The van der Waals surface area contributed by atoms with Crippen LogP contribution in [-0.4, -0.2) is 0 Å². The quantitative estimate of drug-likeness (QED) is 0.422. The van der Waals surface area contributed by atoms with E-state index in [1.165, 1.54) is 5.57 Å². The van der Waals surface area contributed by atoms with Crippen LogP contribution < -0.4 is 0 Å². The van der Waals surface area contributed by atoms with Crippen molar-refractivity contribution in [1.82, 2.24) is 0 Å². The molecule has 0 aromatic heterocycles. The Labute approximate surface area is 89.9 Å². The van der Waals surface area contributed by atoms with Gasteiger partial charge in [0.15, 0.2) is 23.0 Å². The van der Waals surface area contributed by atoms with Gasteiger partial charge in [0, 0.05) is 0 Å². The van der Waals surface area contributed by atoms with E-state index < -0.39 is 0 Å². The van der Waals surface area contributed by atoms with Crippen LogP contribution in [0.5, 0.6) is 0 Å². The Morgan fingerprint density at radius 1 is 1.42 bits per heavy atom. The summed E-state index contributed by atoms with van der Waals surface area (Å²) in [5, 5.41) is 0. The molecule has 2 heteroatoms. The molecule has 0 aliphatic carbocycles. The molecular formula is C10H17IO. The van der Waals surface area contributed by atoms with Crippen LogP contribution in [0.4, 0.5) is 0 Å². The van der Waals surface area contributed by atoms with Crippen molar-refractivity contribution in [3.63, 3.8) is 0 Å². The number of allylic oxidation sites excluding steroid dienone is 4. The summed E-state index contributed by atoms with van der Waals surface area (Å²) in [6, 6.07) is 0. The number of hydrogen-bond donors (Lipinski definition) is 0. The van der Waals surface area contributed by atoms with Crippen LogP contribution in [0, 0.1) is 0 Å². The van der Waals surface area contributed by atoms with Crippen molar-refractivity contribution in [2.45, 2.75) is 27.7 Å². The molecule has 0 aromatic rings. The number of rotatable bonds is 3. The molecule has 0 fully saturated rings. The maximum Gasteiger partial charge on any atom is 0.192 e. The van der Waals surface area contributed by atoms with E-state index in [1.54, 1.807) is 6.08 Å². The number of hydrogen-bond acceptors (Lipinski definition) is 1. The van der Waals surface area contributed by atoms with E-state index in [2.05, 4.69) is 6.58 Å². The topological polar surface area (TPSA) is 9.23 Å². The summed E-state index contributed by atoms with van der Waals surface area (Å²) in [6.45, 7) is 11.6. The highest BCUT2D eigenvalue weighted by molar-refractivity contribution is 14.1. The van der Waals surface area contributed by atoms with Crippen molar-refractivity contribution < 1.29 is 3.07 Å². The van der Waals surface area contributed by atoms with Crippen LogP contribution >= 0.6 is 23.0 Å². The Morgan fingerprint density at radius 2 is 1.92 bits per heavy atom. The molecule has 0 saturated carbocycles. The SMILES string of the molecule is C=C/C(=C\C(C)=C/C)OI.CC. The average Bonchev–Trinajstić information content (AvgIpc) is 2.16. The lowest BCUT2D eigenvalue weighted by atomic mass is 10.2. The molecule has 0 heterocycles. The van der Waals surface area contributed by atoms with Crippen LogP contribution in [0.2, 0.25) is 0 Å². The van der Waals surface area contributed by atoms with Gasteiger partial charge in [0.25, 0.3) is 0 Å². The Bertz CT molecular complexity index is 169. The first-order valence-corrected chi connectivity index (χ1v) is 4.88. The molecule has 0 aliphatic heterocycles. The minimum absolute atomic E-state index is 0.788. The first kappa shape index (κ1) is 14.3. The van der Waals surface area contributed by atoms with Gasteiger partial charge in [-0.15, -0.1) is 0 Å². The van der Waals surface area contributed by atoms with E-state index in [-0.39, 0.29) is 0 Å². The first-order chi connectivity index (χ1) is 5.74. The molecule has 0 aromatic carbocycles. The molecule has 0 bridgehead atoms. The smallest absolute Gasteiger partial charge is 0.192 e. The van der Waals surface area contributed by atoms with Gasteiger partial charge in [-0.25, -0.2) is 0 Å². The lowest BCUT2D eigenvalue weighted by Gasteiger charge is -1.95. The minimum atomic E-state index is 0.788. The normalized spacial score (nSPS) is 11.4. The second-order valence-electron chi connectivity index (χ2n) is 1.86. The Morgan fingerprint density at radius 3 is 2.17 bits per heavy atom. The Kier molecular flexibility index (Phi) is 12.8. The van der Waals surface area contributed by atoms with Gasteiger partial charge in [0.1, 0.15) is 5.76 Å². The summed E-state index contributed by atoms with van der Waals surface area (Å²) in [5.74, 6) is 0.788. The Hall–Kier alpha value is -0.250. The monoisotopic (exact) mass is 280 g/mol. The summed E-state index contributed by atoms with van der Waals surface area (Å²) < 4.78 is 4.94. The fourth-order valence-electron chi connectivity index (χ4n) is 0.420. The van der Waals surface area contributed by atoms with Gasteiger partial charge in [0.05, 0.1) is 0 Å². The van der Waals surface area contributed by atoms with Gasteiger partial charge in [-0.2, -0.15) is 0 Å². The molecule has 0 spiro atoms. The second-order valence-corrected chi connectivity index (χ2v) is 2.30. The van der Waals surface area contributed by atoms with E-state index in [0.29, 0.717) is 0 Å². The summed E-state index contributed by atoms with van der Waals surface area (Å²) in [7, 11) is 0. The third-order valence-electron chi connectivity index (χ3n) is 1.12. The molecule has 0 unspecified atom stereocenters. The molecule has 1 nitrogen and oxygen atoms in total. The molecule has 0 radical (unpaired) electrons. The molecule has 0 aliphatic rings. The fraction of sp³-hybridized carbons (Fsp3) is 0.400. The molecule has 70 valence electrons. The van der Waals surface area contributed by atoms with Crippen LogP contribution in [0.25, 0.3) is 0 Å². The lowest BCUT2D eigenvalue weighted by Crippen LogP contribution is -1.75. The van der Waals surface area contributed by atoms with Gasteiger partial charge in [-0.3, -0.25) is 0 Å². The highest BCUT2D eigenvalue weighted by atomic mass is 127. The van der Waals surface area contributed by atoms with Crippen molar-refractivity contribution >= 4 is 23.0 Å². The van der Waals surface area contributed by atoms with Crippen molar-refractivity contribution in [3.05, 3.63) is 36.1 Å². The van der Waals surface area contributed by atoms with Gasteiger partial charge in [0.2, 0.25) is 0 Å². The largest absolute Gasteiger partial charge is 0.428 e. The van der Waals surface area contributed by atoms with Crippen molar-refractivity contribution in [1.29, 1.82) is 0 Å². The summed E-state index contributed by atoms with van der Waals surface area (Å²) in [4.78, 5) is 0. The maximum absolute atomic E-state index is 4.94. The highest BCUT2D eigenvalue weighted by Gasteiger charge is 1.87. The van der Waals surface area contributed by atoms with E-state index in [4.69, 9.17) is 3.07 Å².